The monoisotopic (exact) mass is 344 g/mol. The summed E-state index contributed by atoms with van der Waals surface area (Å²) in [6.07, 6.45) is 3.69. The fourth-order valence-electron chi connectivity index (χ4n) is 2.55. The van der Waals surface area contributed by atoms with Crippen LogP contribution in [0, 0.1) is 0 Å². The van der Waals surface area contributed by atoms with Crippen LogP contribution in [0.2, 0.25) is 0 Å². The standard InChI is InChI=1S/C21H16N2O3/c1-3-18-20(23-19(12-22-18)14-7-5-4-6-8-14)21(25)17-11-16(26-2)10-9-15(17)13-24/h3-13H,1H2,2H3. The van der Waals surface area contributed by atoms with Gasteiger partial charge in [-0.2, -0.15) is 0 Å². The molecule has 3 aromatic rings. The van der Waals surface area contributed by atoms with Gasteiger partial charge in [0.2, 0.25) is 5.78 Å². The summed E-state index contributed by atoms with van der Waals surface area (Å²) in [6, 6.07) is 14.1. The predicted molar refractivity (Wildman–Crippen MR) is 99.4 cm³/mol. The van der Waals surface area contributed by atoms with Crippen LogP contribution >= 0.6 is 0 Å². The highest BCUT2D eigenvalue weighted by molar-refractivity contribution is 6.13. The molecule has 5 heteroatoms. The van der Waals surface area contributed by atoms with E-state index < -0.39 is 5.78 Å². The van der Waals surface area contributed by atoms with Gasteiger partial charge in [-0.3, -0.25) is 14.6 Å². The summed E-state index contributed by atoms with van der Waals surface area (Å²) in [7, 11) is 1.50. The quantitative estimate of drug-likeness (QED) is 0.502. The van der Waals surface area contributed by atoms with E-state index in [1.807, 2.05) is 30.3 Å². The van der Waals surface area contributed by atoms with Crippen LogP contribution in [0.1, 0.15) is 32.1 Å². The summed E-state index contributed by atoms with van der Waals surface area (Å²) in [5, 5.41) is 0. The van der Waals surface area contributed by atoms with Gasteiger partial charge < -0.3 is 4.74 Å². The largest absolute Gasteiger partial charge is 0.497 e. The maximum atomic E-state index is 13.1. The van der Waals surface area contributed by atoms with Crippen molar-refractivity contribution in [2.24, 2.45) is 0 Å². The van der Waals surface area contributed by atoms with Gasteiger partial charge in [0.25, 0.3) is 0 Å². The van der Waals surface area contributed by atoms with Crippen LogP contribution in [0.3, 0.4) is 0 Å². The summed E-state index contributed by atoms with van der Waals surface area (Å²) >= 11 is 0. The fourth-order valence-corrected chi connectivity index (χ4v) is 2.55. The number of benzene rings is 2. The molecule has 0 radical (unpaired) electrons. The molecule has 0 spiro atoms. The smallest absolute Gasteiger partial charge is 0.214 e. The maximum Gasteiger partial charge on any atom is 0.214 e. The zero-order valence-corrected chi connectivity index (χ0v) is 14.2. The third-order valence-corrected chi connectivity index (χ3v) is 3.91. The Morgan fingerprint density at radius 1 is 1.15 bits per heavy atom. The minimum atomic E-state index is -0.411. The van der Waals surface area contributed by atoms with Crippen molar-refractivity contribution in [1.82, 2.24) is 9.97 Å². The predicted octanol–water partition coefficient (Wildman–Crippen LogP) is 3.84. The van der Waals surface area contributed by atoms with Gasteiger partial charge in [-0.05, 0) is 24.3 Å². The van der Waals surface area contributed by atoms with Crippen molar-refractivity contribution >= 4 is 18.1 Å². The van der Waals surface area contributed by atoms with Crippen LogP contribution in [-0.2, 0) is 0 Å². The lowest BCUT2D eigenvalue weighted by atomic mass is 10.00. The van der Waals surface area contributed by atoms with Gasteiger partial charge in [0.05, 0.1) is 24.7 Å². The molecule has 128 valence electrons. The number of ether oxygens (including phenoxy) is 1. The number of rotatable bonds is 6. The van der Waals surface area contributed by atoms with E-state index in [0.717, 1.165) is 5.56 Å². The topological polar surface area (TPSA) is 69.2 Å². The first kappa shape index (κ1) is 17.2. The van der Waals surface area contributed by atoms with E-state index in [0.29, 0.717) is 23.4 Å². The highest BCUT2D eigenvalue weighted by atomic mass is 16.5. The lowest BCUT2D eigenvalue weighted by Gasteiger charge is -2.10. The number of ketones is 1. The second-order valence-corrected chi connectivity index (χ2v) is 5.46. The van der Waals surface area contributed by atoms with Crippen molar-refractivity contribution in [2.45, 2.75) is 0 Å². The molecule has 0 aliphatic heterocycles. The highest BCUT2D eigenvalue weighted by Gasteiger charge is 2.20. The van der Waals surface area contributed by atoms with Crippen molar-refractivity contribution in [3.8, 4) is 17.0 Å². The van der Waals surface area contributed by atoms with Crippen LogP contribution in [-0.4, -0.2) is 29.1 Å². The molecule has 3 rings (SSSR count). The molecule has 0 unspecified atom stereocenters. The molecular formula is C21H16N2O3. The molecule has 0 fully saturated rings. The molecule has 0 aliphatic carbocycles. The molecule has 0 amide bonds. The van der Waals surface area contributed by atoms with Gasteiger partial charge in [-0.1, -0.05) is 36.9 Å². The van der Waals surface area contributed by atoms with E-state index in [2.05, 4.69) is 16.5 Å². The Morgan fingerprint density at radius 2 is 1.92 bits per heavy atom. The summed E-state index contributed by atoms with van der Waals surface area (Å²) in [5.74, 6) is 0.0671. The third kappa shape index (κ3) is 3.28. The van der Waals surface area contributed by atoms with Crippen LogP contribution in [0.15, 0.2) is 61.3 Å². The molecule has 26 heavy (non-hydrogen) atoms. The number of methoxy groups -OCH3 is 1. The van der Waals surface area contributed by atoms with E-state index in [4.69, 9.17) is 4.74 Å². The molecule has 0 N–H and O–H groups in total. The number of hydrogen-bond acceptors (Lipinski definition) is 5. The van der Waals surface area contributed by atoms with E-state index in [-0.39, 0.29) is 16.8 Å². The van der Waals surface area contributed by atoms with E-state index in [9.17, 15) is 9.59 Å². The zero-order valence-electron chi connectivity index (χ0n) is 14.2. The van der Waals surface area contributed by atoms with E-state index in [1.165, 1.54) is 19.3 Å². The first-order valence-electron chi connectivity index (χ1n) is 7.90. The normalized spacial score (nSPS) is 10.2. The summed E-state index contributed by atoms with van der Waals surface area (Å²) < 4.78 is 5.17. The Hall–Kier alpha value is -3.60. The molecule has 0 atom stereocenters. The number of hydrogen-bond donors (Lipinski definition) is 0. The molecule has 0 aliphatic rings. The van der Waals surface area contributed by atoms with Crippen LogP contribution in [0.25, 0.3) is 17.3 Å². The van der Waals surface area contributed by atoms with Crippen LogP contribution < -0.4 is 4.74 Å². The van der Waals surface area contributed by atoms with Crippen LogP contribution in [0.5, 0.6) is 5.75 Å². The Balaban J connectivity index is 2.15. The Kier molecular flexibility index (Phi) is 4.99. The fraction of sp³-hybridized carbons (Fsp3) is 0.0476. The third-order valence-electron chi connectivity index (χ3n) is 3.91. The van der Waals surface area contributed by atoms with Crippen molar-refractivity contribution in [3.05, 3.63) is 83.8 Å². The molecule has 2 aromatic carbocycles. The summed E-state index contributed by atoms with van der Waals surface area (Å²) in [6.45, 7) is 3.70. The molecule has 1 aromatic heterocycles. The summed E-state index contributed by atoms with van der Waals surface area (Å²) in [5.41, 5.74) is 2.37. The van der Waals surface area contributed by atoms with Gasteiger partial charge in [-0.25, -0.2) is 4.98 Å². The number of aldehydes is 1. The lowest BCUT2D eigenvalue weighted by Crippen LogP contribution is -2.11. The SMILES string of the molecule is C=Cc1ncc(-c2ccccc2)nc1C(=O)c1cc(OC)ccc1C=O. The number of carbonyl (C=O) groups is 2. The highest BCUT2D eigenvalue weighted by Crippen LogP contribution is 2.23. The molecule has 1 heterocycles. The number of nitrogens with zero attached hydrogens (tertiary/aromatic N) is 2. The molecular weight excluding hydrogens is 328 g/mol. The first-order valence-corrected chi connectivity index (χ1v) is 7.90. The van der Waals surface area contributed by atoms with Gasteiger partial charge in [0, 0.05) is 16.7 Å². The van der Waals surface area contributed by atoms with Crippen molar-refractivity contribution in [2.75, 3.05) is 7.11 Å². The molecule has 5 nitrogen and oxygen atoms in total. The molecule has 0 bridgehead atoms. The Labute approximate surface area is 151 Å². The van der Waals surface area contributed by atoms with Crippen molar-refractivity contribution in [3.63, 3.8) is 0 Å². The number of carbonyl (C=O) groups excluding carboxylic acids is 2. The zero-order chi connectivity index (χ0) is 18.5. The Morgan fingerprint density at radius 3 is 2.58 bits per heavy atom. The first-order chi connectivity index (χ1) is 12.7. The molecule has 0 saturated heterocycles. The maximum absolute atomic E-state index is 13.1. The summed E-state index contributed by atoms with van der Waals surface area (Å²) in [4.78, 5) is 33.2. The lowest BCUT2D eigenvalue weighted by molar-refractivity contribution is 0.102. The second-order valence-electron chi connectivity index (χ2n) is 5.46. The van der Waals surface area contributed by atoms with Gasteiger partial charge in [-0.15, -0.1) is 0 Å². The minimum absolute atomic E-state index is 0.137. The Bertz CT molecular complexity index is 982. The average Bonchev–Trinajstić information content (AvgIpc) is 2.72. The minimum Gasteiger partial charge on any atom is -0.497 e. The van der Waals surface area contributed by atoms with Gasteiger partial charge >= 0.3 is 0 Å². The van der Waals surface area contributed by atoms with Gasteiger partial charge in [0.1, 0.15) is 11.4 Å². The van der Waals surface area contributed by atoms with E-state index in [1.54, 1.807) is 18.3 Å². The van der Waals surface area contributed by atoms with Crippen molar-refractivity contribution in [1.29, 1.82) is 0 Å². The van der Waals surface area contributed by atoms with Crippen LogP contribution in [0.4, 0.5) is 0 Å². The van der Waals surface area contributed by atoms with E-state index >= 15 is 0 Å². The second kappa shape index (κ2) is 7.53. The molecule has 0 saturated carbocycles. The number of aromatic nitrogens is 2. The van der Waals surface area contributed by atoms with Gasteiger partial charge in [0.15, 0.2) is 6.29 Å². The van der Waals surface area contributed by atoms with Crippen molar-refractivity contribution < 1.29 is 14.3 Å². The average molecular weight is 344 g/mol.